The highest BCUT2D eigenvalue weighted by Gasteiger charge is 2.15. The summed E-state index contributed by atoms with van der Waals surface area (Å²) in [5.74, 6) is 2.00. The lowest BCUT2D eigenvalue weighted by molar-refractivity contribution is -0.120. The van der Waals surface area contributed by atoms with Gasteiger partial charge in [-0.15, -0.1) is 23.1 Å². The smallest absolute Gasteiger partial charge is 0.233 e. The van der Waals surface area contributed by atoms with Gasteiger partial charge in [-0.3, -0.25) is 4.79 Å². The maximum atomic E-state index is 12.4. The van der Waals surface area contributed by atoms with Gasteiger partial charge in [0.25, 0.3) is 0 Å². The van der Waals surface area contributed by atoms with E-state index < -0.39 is 0 Å². The lowest BCUT2D eigenvalue weighted by Gasteiger charge is -2.12. The van der Waals surface area contributed by atoms with Crippen LogP contribution in [0.1, 0.15) is 18.2 Å². The molecule has 1 atom stereocenters. The molecule has 0 spiro atoms. The van der Waals surface area contributed by atoms with Crippen LogP contribution in [-0.2, 0) is 17.1 Å². The van der Waals surface area contributed by atoms with Gasteiger partial charge < -0.3 is 14.8 Å². The summed E-state index contributed by atoms with van der Waals surface area (Å²) in [7, 11) is 3.23. The topological polar surface area (TPSA) is 60.5 Å². The molecular formula is C22H23ClN2O3S2. The van der Waals surface area contributed by atoms with E-state index in [4.69, 9.17) is 26.1 Å². The number of methoxy groups -OCH3 is 2. The number of ether oxygens (including phenoxy) is 2. The number of halogens is 1. The Morgan fingerprint density at radius 3 is 2.70 bits per heavy atom. The first-order chi connectivity index (χ1) is 14.5. The summed E-state index contributed by atoms with van der Waals surface area (Å²) >= 11 is 9.26. The van der Waals surface area contributed by atoms with E-state index in [2.05, 4.69) is 5.32 Å². The Morgan fingerprint density at radius 1 is 1.20 bits per heavy atom. The van der Waals surface area contributed by atoms with E-state index in [0.29, 0.717) is 28.8 Å². The Labute approximate surface area is 189 Å². The SMILES string of the molecule is COc1ccc(-c2nc(CSC(C)C(=O)NCc3ccccc3Cl)cs2)cc1OC. The quantitative estimate of drug-likeness (QED) is 0.460. The summed E-state index contributed by atoms with van der Waals surface area (Å²) in [6.45, 7) is 2.32. The Kier molecular flexibility index (Phi) is 8.01. The zero-order valence-electron chi connectivity index (χ0n) is 17.0. The van der Waals surface area contributed by atoms with Crippen molar-refractivity contribution in [2.45, 2.75) is 24.5 Å². The van der Waals surface area contributed by atoms with E-state index in [0.717, 1.165) is 21.8 Å². The van der Waals surface area contributed by atoms with Crippen molar-refractivity contribution in [2.24, 2.45) is 0 Å². The van der Waals surface area contributed by atoms with Crippen LogP contribution >= 0.6 is 34.7 Å². The molecule has 1 amide bonds. The van der Waals surface area contributed by atoms with E-state index in [9.17, 15) is 4.79 Å². The van der Waals surface area contributed by atoms with Gasteiger partial charge in [0, 0.05) is 28.3 Å². The van der Waals surface area contributed by atoms with Crippen molar-refractivity contribution in [3.05, 3.63) is 64.1 Å². The number of benzene rings is 2. The van der Waals surface area contributed by atoms with Crippen LogP contribution in [0.25, 0.3) is 10.6 Å². The molecule has 2 aromatic carbocycles. The van der Waals surface area contributed by atoms with Gasteiger partial charge in [0.15, 0.2) is 11.5 Å². The highest BCUT2D eigenvalue weighted by Crippen LogP contribution is 2.34. The molecule has 1 N–H and O–H groups in total. The third-order valence-corrected chi connectivity index (χ3v) is 6.93. The van der Waals surface area contributed by atoms with E-state index in [1.165, 1.54) is 0 Å². The van der Waals surface area contributed by atoms with Gasteiger partial charge in [0.2, 0.25) is 5.91 Å². The molecule has 1 aromatic heterocycles. The fraction of sp³-hybridized carbons (Fsp3) is 0.273. The largest absolute Gasteiger partial charge is 0.493 e. The van der Waals surface area contributed by atoms with E-state index in [1.54, 1.807) is 37.3 Å². The molecule has 0 fully saturated rings. The number of hydrogen-bond donors (Lipinski definition) is 1. The zero-order valence-corrected chi connectivity index (χ0v) is 19.4. The second-order valence-electron chi connectivity index (χ2n) is 6.48. The molecular weight excluding hydrogens is 440 g/mol. The van der Waals surface area contributed by atoms with Crippen molar-refractivity contribution in [1.82, 2.24) is 10.3 Å². The molecule has 3 aromatic rings. The number of nitrogens with one attached hydrogen (secondary N) is 1. The van der Waals surface area contributed by atoms with Crippen LogP contribution in [0.3, 0.4) is 0 Å². The number of thiazole rings is 1. The number of rotatable bonds is 9. The number of amides is 1. The van der Waals surface area contributed by atoms with Crippen LogP contribution in [0, 0.1) is 0 Å². The first kappa shape index (κ1) is 22.5. The first-order valence-corrected chi connectivity index (χ1v) is 11.6. The van der Waals surface area contributed by atoms with Crippen molar-refractivity contribution in [2.75, 3.05) is 14.2 Å². The molecule has 5 nitrogen and oxygen atoms in total. The zero-order chi connectivity index (χ0) is 21.5. The van der Waals surface area contributed by atoms with Crippen LogP contribution in [0.4, 0.5) is 0 Å². The fourth-order valence-electron chi connectivity index (χ4n) is 2.73. The third-order valence-electron chi connectivity index (χ3n) is 4.44. The second-order valence-corrected chi connectivity index (χ2v) is 9.07. The molecule has 3 rings (SSSR count). The second kappa shape index (κ2) is 10.7. The molecule has 0 aliphatic carbocycles. The van der Waals surface area contributed by atoms with Crippen molar-refractivity contribution in [1.29, 1.82) is 0 Å². The number of carbonyl (C=O) groups excluding carboxylic acids is 1. The van der Waals surface area contributed by atoms with Gasteiger partial charge in [0.05, 0.1) is 25.2 Å². The predicted molar refractivity (Wildman–Crippen MR) is 125 cm³/mol. The van der Waals surface area contributed by atoms with Crippen LogP contribution in [-0.4, -0.2) is 30.4 Å². The lowest BCUT2D eigenvalue weighted by atomic mass is 10.2. The summed E-state index contributed by atoms with van der Waals surface area (Å²) in [6, 6.07) is 13.3. The summed E-state index contributed by atoms with van der Waals surface area (Å²) in [4.78, 5) is 17.1. The highest BCUT2D eigenvalue weighted by molar-refractivity contribution is 7.99. The molecule has 0 saturated heterocycles. The summed E-state index contributed by atoms with van der Waals surface area (Å²) in [6.07, 6.45) is 0. The number of nitrogens with zero attached hydrogens (tertiary/aromatic N) is 1. The Balaban J connectivity index is 1.54. The van der Waals surface area contributed by atoms with Gasteiger partial charge >= 0.3 is 0 Å². The van der Waals surface area contributed by atoms with Gasteiger partial charge in [-0.1, -0.05) is 29.8 Å². The maximum absolute atomic E-state index is 12.4. The van der Waals surface area contributed by atoms with Crippen LogP contribution in [0.2, 0.25) is 5.02 Å². The van der Waals surface area contributed by atoms with Gasteiger partial charge in [-0.05, 0) is 36.8 Å². The number of thioether (sulfide) groups is 1. The standard InChI is InChI=1S/C22H23ClN2O3S2/c1-14(21(26)24-11-16-6-4-5-7-18(16)23)29-12-17-13-30-22(25-17)15-8-9-19(27-2)20(10-15)28-3/h4-10,13-14H,11-12H2,1-3H3,(H,24,26). The van der Waals surface area contributed by atoms with E-state index >= 15 is 0 Å². The minimum Gasteiger partial charge on any atom is -0.493 e. The molecule has 30 heavy (non-hydrogen) atoms. The van der Waals surface area contributed by atoms with Gasteiger partial charge in [-0.25, -0.2) is 4.98 Å². The van der Waals surface area contributed by atoms with E-state index in [1.807, 2.05) is 54.8 Å². The number of carbonyl (C=O) groups is 1. The molecule has 0 bridgehead atoms. The fourth-order valence-corrected chi connectivity index (χ4v) is 4.66. The first-order valence-electron chi connectivity index (χ1n) is 9.31. The number of hydrogen-bond acceptors (Lipinski definition) is 6. The average molecular weight is 463 g/mol. The molecule has 1 unspecified atom stereocenters. The Hall–Kier alpha value is -2.22. The van der Waals surface area contributed by atoms with Gasteiger partial charge in [0.1, 0.15) is 5.01 Å². The third kappa shape index (κ3) is 5.68. The molecule has 0 aliphatic heterocycles. The molecule has 0 saturated carbocycles. The lowest BCUT2D eigenvalue weighted by Crippen LogP contribution is -2.30. The van der Waals surface area contributed by atoms with Crippen LogP contribution < -0.4 is 14.8 Å². The normalized spacial score (nSPS) is 11.7. The van der Waals surface area contributed by atoms with E-state index in [-0.39, 0.29) is 11.2 Å². The minimum atomic E-state index is -0.196. The van der Waals surface area contributed by atoms with Crippen molar-refractivity contribution in [3.63, 3.8) is 0 Å². The monoisotopic (exact) mass is 462 g/mol. The van der Waals surface area contributed by atoms with Crippen molar-refractivity contribution in [3.8, 4) is 22.1 Å². The predicted octanol–water partition coefficient (Wildman–Crippen LogP) is 5.42. The molecule has 8 heteroatoms. The number of aromatic nitrogens is 1. The van der Waals surface area contributed by atoms with Crippen LogP contribution in [0.15, 0.2) is 47.8 Å². The summed E-state index contributed by atoms with van der Waals surface area (Å²) in [5, 5.41) is 6.33. The highest BCUT2D eigenvalue weighted by atomic mass is 35.5. The summed E-state index contributed by atoms with van der Waals surface area (Å²) < 4.78 is 10.7. The summed E-state index contributed by atoms with van der Waals surface area (Å²) in [5.41, 5.74) is 2.82. The van der Waals surface area contributed by atoms with Crippen LogP contribution in [0.5, 0.6) is 11.5 Å². The molecule has 158 valence electrons. The van der Waals surface area contributed by atoms with Crippen molar-refractivity contribution < 1.29 is 14.3 Å². The maximum Gasteiger partial charge on any atom is 0.233 e. The Morgan fingerprint density at radius 2 is 1.97 bits per heavy atom. The van der Waals surface area contributed by atoms with Crippen molar-refractivity contribution >= 4 is 40.6 Å². The molecule has 0 aliphatic rings. The molecule has 0 radical (unpaired) electrons. The van der Waals surface area contributed by atoms with Gasteiger partial charge in [-0.2, -0.15) is 0 Å². The average Bonchev–Trinajstić information content (AvgIpc) is 3.25. The Bertz CT molecular complexity index is 1010. The molecule has 1 heterocycles. The minimum absolute atomic E-state index is 0.0183.